The molecule has 1 aliphatic carbocycles. The van der Waals surface area contributed by atoms with Gasteiger partial charge < -0.3 is 0 Å². The molecule has 1 aromatic carbocycles. The van der Waals surface area contributed by atoms with Crippen molar-refractivity contribution in [3.05, 3.63) is 34.9 Å². The van der Waals surface area contributed by atoms with E-state index in [2.05, 4.69) is 39.0 Å². The molecular weight excluding hydrogens is 180 g/mol. The lowest BCUT2D eigenvalue weighted by Crippen LogP contribution is -2.12. The van der Waals surface area contributed by atoms with E-state index in [0.717, 1.165) is 11.8 Å². The molecule has 0 bridgehead atoms. The highest BCUT2D eigenvalue weighted by molar-refractivity contribution is 5.35. The maximum atomic E-state index is 2.39. The minimum atomic E-state index is 0.834. The highest BCUT2D eigenvalue weighted by Crippen LogP contribution is 2.37. The van der Waals surface area contributed by atoms with Crippen molar-refractivity contribution in [2.24, 2.45) is 5.92 Å². The molecule has 1 aromatic rings. The minimum Gasteiger partial charge on any atom is -0.0625 e. The van der Waals surface area contributed by atoms with Gasteiger partial charge in [0.05, 0.1) is 0 Å². The van der Waals surface area contributed by atoms with Crippen LogP contribution >= 0.6 is 0 Å². The average Bonchev–Trinajstić information content (AvgIpc) is 2.24. The summed E-state index contributed by atoms with van der Waals surface area (Å²) in [6, 6.07) is 6.78. The van der Waals surface area contributed by atoms with E-state index in [1.807, 2.05) is 0 Å². The topological polar surface area (TPSA) is 0 Å². The first kappa shape index (κ1) is 10.7. The summed E-state index contributed by atoms with van der Waals surface area (Å²) in [6.45, 7) is 6.90. The quantitative estimate of drug-likeness (QED) is 0.624. The minimum absolute atomic E-state index is 0.834. The number of benzene rings is 1. The third kappa shape index (κ3) is 2.25. The first-order valence-electron chi connectivity index (χ1n) is 6.24. The Kier molecular flexibility index (Phi) is 3.14. The predicted octanol–water partition coefficient (Wildman–Crippen LogP) is 4.60. The van der Waals surface area contributed by atoms with Gasteiger partial charge in [-0.05, 0) is 55.2 Å². The van der Waals surface area contributed by atoms with Crippen molar-refractivity contribution in [3.8, 4) is 0 Å². The molecule has 0 amide bonds. The Hall–Kier alpha value is -0.780. The lowest BCUT2D eigenvalue weighted by atomic mass is 9.78. The summed E-state index contributed by atoms with van der Waals surface area (Å²) in [7, 11) is 0. The van der Waals surface area contributed by atoms with Gasteiger partial charge in [0.1, 0.15) is 0 Å². The third-order valence-corrected chi connectivity index (χ3v) is 4.10. The molecule has 1 aliphatic rings. The largest absolute Gasteiger partial charge is 0.0625 e. The van der Waals surface area contributed by atoms with E-state index >= 15 is 0 Å². The van der Waals surface area contributed by atoms with Crippen molar-refractivity contribution in [3.63, 3.8) is 0 Å². The number of hydrogen-bond acceptors (Lipinski definition) is 0. The van der Waals surface area contributed by atoms with E-state index in [-0.39, 0.29) is 0 Å². The third-order valence-electron chi connectivity index (χ3n) is 4.10. The van der Waals surface area contributed by atoms with Gasteiger partial charge in [-0.15, -0.1) is 0 Å². The normalized spacial score (nSPS) is 26.6. The van der Waals surface area contributed by atoms with E-state index in [1.165, 1.54) is 36.8 Å². The molecule has 82 valence electrons. The van der Waals surface area contributed by atoms with Crippen molar-refractivity contribution in [1.82, 2.24) is 0 Å². The van der Waals surface area contributed by atoms with E-state index < -0.39 is 0 Å². The van der Waals surface area contributed by atoms with Crippen LogP contribution in [0.1, 0.15) is 55.2 Å². The summed E-state index contributed by atoms with van der Waals surface area (Å²) in [6.07, 6.45) is 5.62. The molecule has 2 rings (SSSR count). The summed E-state index contributed by atoms with van der Waals surface area (Å²) < 4.78 is 0. The highest BCUT2D eigenvalue weighted by atomic mass is 14.3. The first-order valence-corrected chi connectivity index (χ1v) is 6.24. The van der Waals surface area contributed by atoms with Gasteiger partial charge in [0, 0.05) is 0 Å². The van der Waals surface area contributed by atoms with Crippen LogP contribution in [0.4, 0.5) is 0 Å². The van der Waals surface area contributed by atoms with Crippen molar-refractivity contribution in [1.29, 1.82) is 0 Å². The van der Waals surface area contributed by atoms with Gasteiger partial charge in [0.15, 0.2) is 0 Å². The molecule has 0 radical (unpaired) electrons. The Morgan fingerprint density at radius 1 is 1.00 bits per heavy atom. The van der Waals surface area contributed by atoms with E-state index in [9.17, 15) is 0 Å². The molecule has 0 unspecified atom stereocenters. The zero-order valence-corrected chi connectivity index (χ0v) is 10.2. The number of rotatable bonds is 1. The fourth-order valence-corrected chi connectivity index (χ4v) is 2.79. The second kappa shape index (κ2) is 4.38. The highest BCUT2D eigenvalue weighted by Gasteiger charge is 2.20. The molecular formula is C15H22. The molecule has 0 spiro atoms. The molecule has 0 atom stereocenters. The summed E-state index contributed by atoms with van der Waals surface area (Å²) >= 11 is 0. The molecule has 0 heterocycles. The van der Waals surface area contributed by atoms with Gasteiger partial charge in [0.25, 0.3) is 0 Å². The molecule has 1 saturated carbocycles. The van der Waals surface area contributed by atoms with E-state index in [1.54, 1.807) is 5.56 Å². The molecule has 1 fully saturated rings. The van der Waals surface area contributed by atoms with Crippen LogP contribution in [0.3, 0.4) is 0 Å². The standard InChI is InChI=1S/C15H22/c1-11-7-9-14(10-8-11)15-6-4-5-12(2)13(15)3/h4-6,11,14H,7-10H2,1-3H3. The Bertz CT molecular complexity index is 330. The van der Waals surface area contributed by atoms with Crippen LogP contribution in [0.25, 0.3) is 0 Å². The predicted molar refractivity (Wildman–Crippen MR) is 66.3 cm³/mol. The van der Waals surface area contributed by atoms with Crippen LogP contribution in [0.5, 0.6) is 0 Å². The van der Waals surface area contributed by atoms with Gasteiger partial charge >= 0.3 is 0 Å². The van der Waals surface area contributed by atoms with Crippen molar-refractivity contribution in [2.45, 2.75) is 52.4 Å². The summed E-state index contributed by atoms with van der Waals surface area (Å²) in [5, 5.41) is 0. The average molecular weight is 202 g/mol. The SMILES string of the molecule is Cc1cccc(C2CCC(C)CC2)c1C. The maximum absolute atomic E-state index is 2.39. The van der Waals surface area contributed by atoms with Crippen molar-refractivity contribution < 1.29 is 0 Å². The Morgan fingerprint density at radius 2 is 1.67 bits per heavy atom. The second-order valence-electron chi connectivity index (χ2n) is 5.25. The summed E-state index contributed by atoms with van der Waals surface area (Å²) in [4.78, 5) is 0. The van der Waals surface area contributed by atoms with Gasteiger partial charge in [-0.2, -0.15) is 0 Å². The summed E-state index contributed by atoms with van der Waals surface area (Å²) in [5.41, 5.74) is 4.59. The smallest absolute Gasteiger partial charge is 0.0159 e. The lowest BCUT2D eigenvalue weighted by Gasteiger charge is -2.28. The van der Waals surface area contributed by atoms with Gasteiger partial charge in [-0.3, -0.25) is 0 Å². The van der Waals surface area contributed by atoms with Gasteiger partial charge in [-0.25, -0.2) is 0 Å². The van der Waals surface area contributed by atoms with E-state index in [0.29, 0.717) is 0 Å². The van der Waals surface area contributed by atoms with Crippen LogP contribution in [-0.2, 0) is 0 Å². The van der Waals surface area contributed by atoms with Crippen molar-refractivity contribution in [2.75, 3.05) is 0 Å². The van der Waals surface area contributed by atoms with Crippen LogP contribution in [0.15, 0.2) is 18.2 Å². The molecule has 0 N–H and O–H groups in total. The Labute approximate surface area is 93.7 Å². The monoisotopic (exact) mass is 202 g/mol. The lowest BCUT2D eigenvalue weighted by molar-refractivity contribution is 0.347. The summed E-state index contributed by atoms with van der Waals surface area (Å²) in [5.74, 6) is 1.78. The molecule has 0 aromatic heterocycles. The zero-order chi connectivity index (χ0) is 10.8. The fourth-order valence-electron chi connectivity index (χ4n) is 2.79. The van der Waals surface area contributed by atoms with Crippen LogP contribution < -0.4 is 0 Å². The maximum Gasteiger partial charge on any atom is -0.0159 e. The molecule has 0 aliphatic heterocycles. The molecule has 0 saturated heterocycles. The van der Waals surface area contributed by atoms with E-state index in [4.69, 9.17) is 0 Å². The van der Waals surface area contributed by atoms with Gasteiger partial charge in [0.2, 0.25) is 0 Å². The Balaban J connectivity index is 2.19. The van der Waals surface area contributed by atoms with Crippen LogP contribution in [0.2, 0.25) is 0 Å². The molecule has 0 nitrogen and oxygen atoms in total. The first-order chi connectivity index (χ1) is 7.18. The second-order valence-corrected chi connectivity index (χ2v) is 5.25. The Morgan fingerprint density at radius 3 is 2.33 bits per heavy atom. The number of hydrogen-bond donors (Lipinski definition) is 0. The van der Waals surface area contributed by atoms with Gasteiger partial charge in [-0.1, -0.05) is 38.0 Å². The van der Waals surface area contributed by atoms with Crippen molar-refractivity contribution >= 4 is 0 Å². The molecule has 15 heavy (non-hydrogen) atoms. The van der Waals surface area contributed by atoms with Crippen LogP contribution in [-0.4, -0.2) is 0 Å². The zero-order valence-electron chi connectivity index (χ0n) is 10.2. The fraction of sp³-hybridized carbons (Fsp3) is 0.600. The van der Waals surface area contributed by atoms with Crippen LogP contribution in [0, 0.1) is 19.8 Å². The molecule has 0 heteroatoms. The number of aryl methyl sites for hydroxylation is 1.